The second-order valence-electron chi connectivity index (χ2n) is 18.5. The maximum Gasteiger partial charge on any atom is 0.335 e. The van der Waals surface area contributed by atoms with Gasteiger partial charge in [0.15, 0.2) is 0 Å². The molecule has 0 bridgehead atoms. The van der Waals surface area contributed by atoms with E-state index in [4.69, 9.17) is 0 Å². The number of hydrogen-bond donors (Lipinski definition) is 4. The van der Waals surface area contributed by atoms with E-state index in [1.807, 2.05) is 19.1 Å². The highest BCUT2D eigenvalue weighted by molar-refractivity contribution is 8.24. The first-order valence-corrected chi connectivity index (χ1v) is 21.1. The Morgan fingerprint density at radius 3 is 2.22 bits per heavy atom. The third-order valence-corrected chi connectivity index (χ3v) is 18.0. The summed E-state index contributed by atoms with van der Waals surface area (Å²) in [5.74, 6) is 2.70. The summed E-state index contributed by atoms with van der Waals surface area (Å²) in [6, 6.07) is 7.53. The Morgan fingerprint density at radius 1 is 0.878 bits per heavy atom. The topological polar surface area (TPSA) is 110 Å². The zero-order valence-corrected chi connectivity index (χ0v) is 31.7. The second-order valence-corrected chi connectivity index (χ2v) is 20.9. The minimum Gasteiger partial charge on any atom is -0.478 e. The minimum atomic E-state index is -2.39. The lowest BCUT2D eigenvalue weighted by Crippen LogP contribution is -2.68. The number of rotatable bonds is 7. The third-order valence-electron chi connectivity index (χ3n) is 16.4. The molecular weight excluding hydrogens is 633 g/mol. The number of fused-ring (bicyclic) bond motifs is 7. The number of aromatic carboxylic acids is 1. The molecule has 1 aromatic rings. The van der Waals surface area contributed by atoms with Crippen LogP contribution in [0.15, 0.2) is 30.3 Å². The third kappa shape index (κ3) is 5.52. The smallest absolute Gasteiger partial charge is 0.335 e. The molecule has 9 atom stereocenters. The predicted octanol–water partition coefficient (Wildman–Crippen LogP) is 8.46. The summed E-state index contributed by atoms with van der Waals surface area (Å²) in [5.41, 5.74) is 3.45. The fraction of sp³-hybridized carbons (Fsp3) is 0.756. The molecule has 5 fully saturated rings. The van der Waals surface area contributed by atoms with Gasteiger partial charge in [0.25, 0.3) is 0 Å². The first-order chi connectivity index (χ1) is 23.0. The molecular formula is C41H62N2O5S. The Labute approximate surface area is 296 Å². The van der Waals surface area contributed by atoms with Gasteiger partial charge in [-0.25, -0.2) is 4.79 Å². The highest BCUT2D eigenvalue weighted by Crippen LogP contribution is 2.76. The van der Waals surface area contributed by atoms with E-state index in [1.54, 1.807) is 12.1 Å². The number of allylic oxidation sites excluding steroid dienone is 2. The summed E-state index contributed by atoms with van der Waals surface area (Å²) in [5, 5.41) is 13.6. The summed E-state index contributed by atoms with van der Waals surface area (Å²) >= 11 is 0. The van der Waals surface area contributed by atoms with Gasteiger partial charge >= 0.3 is 5.97 Å². The van der Waals surface area contributed by atoms with Gasteiger partial charge in [0.1, 0.15) is 5.78 Å². The standard InChI is InChI=1S/C41H62N2O5S/c1-27(44)30-13-18-41(42-21-22-43-23-25-49(47,48)26-24-43)20-19-39(5)32(35(30)41)11-12-34-38(4)16-14-31(28-7-9-29(10-8-28)36(45)46)37(2,3)33(38)15-17-40(34,39)6/h7-10,14,30,32-35,42,47-48H,11-13,15-26H2,1-6H3,(H,45,46)/t30-,32+,33-,34+,35+,38-,39+,40+,41-/m0/s1. The van der Waals surface area contributed by atoms with E-state index < -0.39 is 16.6 Å². The molecule has 0 radical (unpaired) electrons. The molecule has 272 valence electrons. The number of carbonyl (C=O) groups excluding carboxylic acids is 1. The van der Waals surface area contributed by atoms with E-state index in [2.05, 4.69) is 50.9 Å². The molecule has 0 amide bonds. The zero-order valence-electron chi connectivity index (χ0n) is 30.9. The maximum absolute atomic E-state index is 13.4. The Morgan fingerprint density at radius 2 is 1.57 bits per heavy atom. The van der Waals surface area contributed by atoms with E-state index >= 15 is 0 Å². The molecule has 6 aliphatic rings. The predicted molar refractivity (Wildman–Crippen MR) is 199 cm³/mol. The second kappa shape index (κ2) is 12.2. The van der Waals surface area contributed by atoms with Crippen LogP contribution < -0.4 is 5.32 Å². The molecule has 4 saturated carbocycles. The lowest BCUT2D eigenvalue weighted by atomic mass is 9.33. The number of carboxylic acid groups (broad SMARTS) is 1. The van der Waals surface area contributed by atoms with Crippen molar-refractivity contribution in [3.05, 3.63) is 41.5 Å². The molecule has 7 rings (SSSR count). The van der Waals surface area contributed by atoms with Crippen molar-refractivity contribution in [3.63, 3.8) is 0 Å². The van der Waals surface area contributed by atoms with Gasteiger partial charge < -0.3 is 10.4 Å². The number of hydrogen-bond acceptors (Lipinski definition) is 6. The van der Waals surface area contributed by atoms with Crippen LogP contribution in [0.3, 0.4) is 0 Å². The van der Waals surface area contributed by atoms with Crippen LogP contribution in [0.4, 0.5) is 0 Å². The average molecular weight is 695 g/mol. The van der Waals surface area contributed by atoms with Crippen molar-refractivity contribution in [2.75, 3.05) is 37.7 Å². The van der Waals surface area contributed by atoms with Crippen molar-refractivity contribution < 1.29 is 23.8 Å². The minimum absolute atomic E-state index is 0.0147. The summed E-state index contributed by atoms with van der Waals surface area (Å²) in [6.45, 7) is 17.9. The van der Waals surface area contributed by atoms with Crippen LogP contribution in [-0.2, 0) is 4.79 Å². The van der Waals surface area contributed by atoms with Gasteiger partial charge in [0, 0.05) is 37.6 Å². The Balaban J connectivity index is 1.14. The highest BCUT2D eigenvalue weighted by atomic mass is 32.3. The number of carboxylic acids is 1. The van der Waals surface area contributed by atoms with Crippen LogP contribution in [0.25, 0.3) is 5.57 Å². The van der Waals surface area contributed by atoms with Gasteiger partial charge in [-0.05, 0) is 133 Å². The van der Waals surface area contributed by atoms with Crippen LogP contribution in [0.5, 0.6) is 0 Å². The van der Waals surface area contributed by atoms with E-state index in [0.29, 0.717) is 46.5 Å². The molecule has 1 aromatic carbocycles. The Bertz CT molecular complexity index is 1500. The van der Waals surface area contributed by atoms with Crippen molar-refractivity contribution in [3.8, 4) is 0 Å². The highest BCUT2D eigenvalue weighted by Gasteiger charge is 2.70. The maximum atomic E-state index is 13.4. The fourth-order valence-corrected chi connectivity index (χ4v) is 15.0. The van der Waals surface area contributed by atoms with Gasteiger partial charge in [0.05, 0.1) is 17.1 Å². The number of ketones is 1. The number of carbonyl (C=O) groups is 2. The van der Waals surface area contributed by atoms with E-state index in [-0.39, 0.29) is 33.1 Å². The molecule has 0 aromatic heterocycles. The number of benzene rings is 1. The lowest BCUT2D eigenvalue weighted by Gasteiger charge is -2.72. The van der Waals surface area contributed by atoms with E-state index in [1.165, 1.54) is 37.7 Å². The first kappa shape index (κ1) is 35.7. The first-order valence-electron chi connectivity index (χ1n) is 19.2. The van der Waals surface area contributed by atoms with Crippen molar-refractivity contribution in [2.45, 2.75) is 105 Å². The van der Waals surface area contributed by atoms with Gasteiger partial charge in [-0.3, -0.25) is 18.8 Å². The van der Waals surface area contributed by atoms with Crippen molar-refractivity contribution in [1.82, 2.24) is 10.2 Å². The van der Waals surface area contributed by atoms with Gasteiger partial charge in [-0.2, -0.15) is 10.6 Å². The Kier molecular flexibility index (Phi) is 8.87. The molecule has 4 N–H and O–H groups in total. The van der Waals surface area contributed by atoms with Crippen molar-refractivity contribution >= 4 is 27.9 Å². The van der Waals surface area contributed by atoms with Crippen molar-refractivity contribution in [2.24, 2.45) is 51.2 Å². The van der Waals surface area contributed by atoms with Gasteiger partial charge in [0.2, 0.25) is 0 Å². The van der Waals surface area contributed by atoms with Crippen molar-refractivity contribution in [1.29, 1.82) is 0 Å². The molecule has 0 unspecified atom stereocenters. The largest absolute Gasteiger partial charge is 0.478 e. The monoisotopic (exact) mass is 694 g/mol. The number of Topliss-reactive ketones (excluding diaryl/α,β-unsaturated/α-hetero) is 1. The summed E-state index contributed by atoms with van der Waals surface area (Å²) in [6.07, 6.45) is 12.9. The molecule has 49 heavy (non-hydrogen) atoms. The molecule has 1 aliphatic heterocycles. The molecule has 1 heterocycles. The average Bonchev–Trinajstić information content (AvgIpc) is 3.42. The van der Waals surface area contributed by atoms with Gasteiger partial charge in [-0.1, -0.05) is 52.8 Å². The summed E-state index contributed by atoms with van der Waals surface area (Å²) in [7, 11) is -2.39. The Hall–Kier alpha value is -1.71. The lowest BCUT2D eigenvalue weighted by molar-refractivity contribution is -0.220. The van der Waals surface area contributed by atoms with E-state index in [0.717, 1.165) is 57.4 Å². The summed E-state index contributed by atoms with van der Waals surface area (Å²) < 4.78 is 20.2. The summed E-state index contributed by atoms with van der Waals surface area (Å²) in [4.78, 5) is 27.3. The number of nitrogens with one attached hydrogen (secondary N) is 1. The number of nitrogens with zero attached hydrogens (tertiary/aromatic N) is 1. The quantitative estimate of drug-likeness (QED) is 0.227. The van der Waals surface area contributed by atoms with Gasteiger partial charge in [-0.15, -0.1) is 0 Å². The zero-order chi connectivity index (χ0) is 35.2. The fourth-order valence-electron chi connectivity index (χ4n) is 13.7. The van der Waals surface area contributed by atoms with Crippen LogP contribution in [0, 0.1) is 51.2 Å². The SMILES string of the molecule is CC(=O)[C@@H]1CC[C@]2(NCCN3CCS(O)(O)CC3)CC[C@]3(C)[C@H](CC[C@@H]4[C@@]5(C)CC=C(c6ccc(C(=O)O)cc6)C(C)(C)[C@@H]5CC[C@]43C)[C@@H]12. The van der Waals surface area contributed by atoms with Crippen LogP contribution in [0.1, 0.15) is 115 Å². The normalized spacial score (nSPS) is 43.3. The molecule has 0 spiro atoms. The molecule has 7 nitrogen and oxygen atoms in total. The van der Waals surface area contributed by atoms with E-state index in [9.17, 15) is 23.8 Å². The molecule has 8 heteroatoms. The van der Waals surface area contributed by atoms with Crippen LogP contribution >= 0.6 is 10.6 Å². The van der Waals surface area contributed by atoms with Crippen LogP contribution in [0.2, 0.25) is 0 Å². The molecule has 5 aliphatic carbocycles. The van der Waals surface area contributed by atoms with Crippen LogP contribution in [-0.4, -0.2) is 74.1 Å². The molecule has 1 saturated heterocycles.